The van der Waals surface area contributed by atoms with E-state index in [1.807, 2.05) is 66.8 Å². The maximum atomic E-state index is 14.2. The first-order valence-corrected chi connectivity index (χ1v) is 13.6. The highest BCUT2D eigenvalue weighted by atomic mass is 32.2. The van der Waals surface area contributed by atoms with Crippen molar-refractivity contribution in [3.63, 3.8) is 0 Å². The van der Waals surface area contributed by atoms with Gasteiger partial charge in [0, 0.05) is 36.3 Å². The van der Waals surface area contributed by atoms with Crippen LogP contribution in [0, 0.1) is 11.8 Å². The number of para-hydroxylation sites is 1. The summed E-state index contributed by atoms with van der Waals surface area (Å²) in [6, 6.07) is 15.9. The summed E-state index contributed by atoms with van der Waals surface area (Å²) in [6.07, 6.45) is 7.92. The van der Waals surface area contributed by atoms with Crippen LogP contribution in [0.4, 0.5) is 11.4 Å². The minimum absolute atomic E-state index is 0.0299. The Morgan fingerprint density at radius 2 is 1.61 bits per heavy atom. The molecule has 4 aliphatic heterocycles. The number of carbonyl (C=O) groups excluding carboxylic acids is 3. The molecule has 3 amide bonds. The molecule has 8 nitrogen and oxygen atoms in total. The van der Waals surface area contributed by atoms with Crippen molar-refractivity contribution >= 4 is 40.9 Å². The van der Waals surface area contributed by atoms with Gasteiger partial charge in [-0.25, -0.2) is 0 Å². The van der Waals surface area contributed by atoms with Crippen LogP contribution in [0.1, 0.15) is 0 Å². The van der Waals surface area contributed by atoms with E-state index in [1.54, 1.807) is 29.0 Å². The number of hydrogen-bond donors (Lipinski definition) is 1. The first-order chi connectivity index (χ1) is 18.5. The third-order valence-electron chi connectivity index (χ3n) is 7.95. The van der Waals surface area contributed by atoms with Crippen LogP contribution in [0.2, 0.25) is 0 Å². The molecule has 0 saturated carbocycles. The fourth-order valence-corrected chi connectivity index (χ4v) is 8.33. The van der Waals surface area contributed by atoms with Gasteiger partial charge in [-0.15, -0.1) is 11.8 Å². The number of ether oxygens (including phenoxy) is 1. The average Bonchev–Trinajstić information content (AvgIpc) is 3.24. The molecular weight excluding hydrogens is 502 g/mol. The highest BCUT2D eigenvalue weighted by molar-refractivity contribution is 8.02. The second kappa shape index (κ2) is 9.63. The number of aliphatic hydroxyl groups excluding tert-OH is 1. The number of β-amino-alcohol motifs (C(OH)–C–C–N with tert-alkyl or cyclic N) is 1. The summed E-state index contributed by atoms with van der Waals surface area (Å²) >= 11 is 1.53. The normalized spacial score (nSPS) is 30.2. The minimum Gasteiger partial charge on any atom is -0.497 e. The van der Waals surface area contributed by atoms with E-state index in [2.05, 4.69) is 0 Å². The summed E-state index contributed by atoms with van der Waals surface area (Å²) in [6.45, 7) is 0.525. The van der Waals surface area contributed by atoms with Crippen LogP contribution >= 0.6 is 11.8 Å². The summed E-state index contributed by atoms with van der Waals surface area (Å²) in [5.41, 5.74) is 1.47. The molecule has 1 spiro atoms. The molecule has 0 bridgehead atoms. The Morgan fingerprint density at radius 1 is 0.921 bits per heavy atom. The number of carbonyl (C=O) groups is 3. The van der Waals surface area contributed by atoms with Crippen LogP contribution in [-0.2, 0) is 14.4 Å². The van der Waals surface area contributed by atoms with E-state index in [0.29, 0.717) is 24.5 Å². The monoisotopic (exact) mass is 531 g/mol. The Bertz CT molecular complexity index is 1310. The molecular formula is C29H29N3O5S. The highest BCUT2D eigenvalue weighted by Gasteiger charge is 2.71. The zero-order valence-corrected chi connectivity index (χ0v) is 21.8. The minimum atomic E-state index is -0.917. The van der Waals surface area contributed by atoms with Crippen molar-refractivity contribution in [2.24, 2.45) is 11.8 Å². The highest BCUT2D eigenvalue weighted by Crippen LogP contribution is 2.61. The molecule has 0 radical (unpaired) electrons. The van der Waals surface area contributed by atoms with Crippen molar-refractivity contribution < 1.29 is 24.2 Å². The molecule has 4 aliphatic rings. The van der Waals surface area contributed by atoms with Gasteiger partial charge < -0.3 is 24.5 Å². The lowest BCUT2D eigenvalue weighted by Crippen LogP contribution is -2.53. The van der Waals surface area contributed by atoms with Crippen LogP contribution in [0.25, 0.3) is 0 Å². The van der Waals surface area contributed by atoms with E-state index >= 15 is 0 Å². The number of likely N-dealkylation sites (tertiary alicyclic amines) is 1. The number of benzene rings is 2. The molecule has 2 fully saturated rings. The van der Waals surface area contributed by atoms with E-state index in [4.69, 9.17) is 4.74 Å². The van der Waals surface area contributed by atoms with Gasteiger partial charge in [-0.1, -0.05) is 42.5 Å². The standard InChI is InChI=1S/C29H29N3O5S/c1-37-21-12-10-20(11-13-21)31-16-6-14-29-24(27(35)32(17-18-33)25(29)28(31)36)23-22(38-29)9-5-15-30(26(23)34)19-7-3-2-4-8-19/h2-14,22-25,33H,15-18H2,1H3/t22-,23+,24-,25?,29-/m0/s1. The molecule has 5 atom stereocenters. The molecule has 6 rings (SSSR count). The van der Waals surface area contributed by atoms with Crippen LogP contribution in [0.3, 0.4) is 0 Å². The number of thioether (sulfide) groups is 1. The van der Waals surface area contributed by atoms with E-state index in [1.165, 1.54) is 16.7 Å². The Balaban J connectivity index is 1.42. The summed E-state index contributed by atoms with van der Waals surface area (Å²) in [5, 5.41) is 9.63. The number of hydrogen-bond acceptors (Lipinski definition) is 6. The largest absolute Gasteiger partial charge is 0.497 e. The zero-order valence-electron chi connectivity index (χ0n) is 21.0. The zero-order chi connectivity index (χ0) is 26.4. The third-order valence-corrected chi connectivity index (χ3v) is 9.70. The lowest BCUT2D eigenvalue weighted by Gasteiger charge is -2.35. The number of rotatable bonds is 5. The van der Waals surface area contributed by atoms with E-state index < -0.39 is 22.6 Å². The van der Waals surface area contributed by atoms with Crippen LogP contribution in [0.15, 0.2) is 78.9 Å². The van der Waals surface area contributed by atoms with Gasteiger partial charge in [0.1, 0.15) is 11.8 Å². The topological polar surface area (TPSA) is 90.4 Å². The number of anilines is 2. The van der Waals surface area contributed by atoms with Crippen LogP contribution in [0.5, 0.6) is 5.75 Å². The van der Waals surface area contributed by atoms with Gasteiger partial charge >= 0.3 is 0 Å². The van der Waals surface area contributed by atoms with Gasteiger partial charge in [0.25, 0.3) is 5.91 Å². The number of nitrogens with zero attached hydrogens (tertiary/aromatic N) is 3. The van der Waals surface area contributed by atoms with Crippen molar-refractivity contribution in [3.05, 3.63) is 78.9 Å². The lowest BCUT2D eigenvalue weighted by atomic mass is 9.78. The number of methoxy groups -OCH3 is 1. The van der Waals surface area contributed by atoms with Crippen molar-refractivity contribution in [2.75, 3.05) is 43.2 Å². The molecule has 1 unspecified atom stereocenters. The predicted molar refractivity (Wildman–Crippen MR) is 146 cm³/mol. The summed E-state index contributed by atoms with van der Waals surface area (Å²) in [7, 11) is 1.59. The summed E-state index contributed by atoms with van der Waals surface area (Å²) in [5.74, 6) is -1.24. The molecule has 0 aliphatic carbocycles. The molecule has 2 aromatic carbocycles. The third kappa shape index (κ3) is 3.67. The Labute approximate surface area is 225 Å². The quantitative estimate of drug-likeness (QED) is 0.597. The lowest BCUT2D eigenvalue weighted by molar-refractivity contribution is -0.139. The SMILES string of the molecule is COc1ccc(N2CC=C[C@]34S[C@H]5C=CCN(c6ccccc6)C(=O)[C@H]5[C@H]3C(=O)N(CCO)C4C2=O)cc1. The van der Waals surface area contributed by atoms with Gasteiger partial charge in [0.2, 0.25) is 11.8 Å². The number of aliphatic hydroxyl groups is 1. The van der Waals surface area contributed by atoms with Gasteiger partial charge in [-0.3, -0.25) is 14.4 Å². The van der Waals surface area contributed by atoms with Crippen LogP contribution < -0.4 is 14.5 Å². The van der Waals surface area contributed by atoms with Crippen molar-refractivity contribution in [1.82, 2.24) is 4.90 Å². The Kier molecular flexibility index (Phi) is 6.28. The van der Waals surface area contributed by atoms with Gasteiger partial charge in [-0.05, 0) is 36.4 Å². The molecule has 2 aromatic rings. The van der Waals surface area contributed by atoms with Crippen LogP contribution in [-0.4, -0.2) is 77.1 Å². The Hall–Kier alpha value is -3.56. The molecule has 196 valence electrons. The smallest absolute Gasteiger partial charge is 0.251 e. The average molecular weight is 532 g/mol. The van der Waals surface area contributed by atoms with E-state index in [-0.39, 0.29) is 36.1 Å². The van der Waals surface area contributed by atoms with Gasteiger partial charge in [-0.2, -0.15) is 0 Å². The molecule has 4 heterocycles. The molecule has 38 heavy (non-hydrogen) atoms. The predicted octanol–water partition coefficient (Wildman–Crippen LogP) is 2.49. The second-order valence-corrected chi connectivity index (χ2v) is 11.3. The van der Waals surface area contributed by atoms with Crippen molar-refractivity contribution in [3.8, 4) is 5.75 Å². The second-order valence-electron chi connectivity index (χ2n) is 9.86. The first-order valence-electron chi connectivity index (χ1n) is 12.8. The van der Waals surface area contributed by atoms with Crippen molar-refractivity contribution in [1.29, 1.82) is 0 Å². The first kappa shape index (κ1) is 24.8. The fraction of sp³-hybridized carbons (Fsp3) is 0.345. The maximum absolute atomic E-state index is 14.2. The molecule has 2 saturated heterocycles. The maximum Gasteiger partial charge on any atom is 0.251 e. The van der Waals surface area contributed by atoms with E-state index in [0.717, 1.165) is 5.69 Å². The molecule has 1 N–H and O–H groups in total. The van der Waals surface area contributed by atoms with E-state index in [9.17, 15) is 19.5 Å². The van der Waals surface area contributed by atoms with Gasteiger partial charge in [0.05, 0.1) is 30.3 Å². The Morgan fingerprint density at radius 3 is 2.32 bits per heavy atom. The van der Waals surface area contributed by atoms with Gasteiger partial charge in [0.15, 0.2) is 0 Å². The molecule has 0 aromatic heterocycles. The van der Waals surface area contributed by atoms with Crippen molar-refractivity contribution in [2.45, 2.75) is 16.0 Å². The molecule has 9 heteroatoms. The fourth-order valence-electron chi connectivity index (χ4n) is 6.32. The number of fused-ring (bicyclic) bond motifs is 2. The summed E-state index contributed by atoms with van der Waals surface area (Å²) in [4.78, 5) is 47.3. The number of amides is 3. The summed E-state index contributed by atoms with van der Waals surface area (Å²) < 4.78 is 4.35.